The van der Waals surface area contributed by atoms with E-state index in [1.54, 1.807) is 12.1 Å². The average molecular weight is 476 g/mol. The van der Waals surface area contributed by atoms with Crippen molar-refractivity contribution in [1.29, 1.82) is 0 Å². The highest BCUT2D eigenvalue weighted by molar-refractivity contribution is 5.66. The van der Waals surface area contributed by atoms with Crippen LogP contribution in [0.3, 0.4) is 0 Å². The highest BCUT2D eigenvalue weighted by atomic mass is 19.4. The number of nitrogens with zero attached hydrogens (tertiary/aromatic N) is 2. The molecule has 0 spiro atoms. The number of carbonyl (C=O) groups is 1. The molecule has 2 aliphatic rings. The number of fused-ring (bicyclic) bond motifs is 1. The molecule has 0 saturated carbocycles. The van der Waals surface area contributed by atoms with Gasteiger partial charge < -0.3 is 19.7 Å². The van der Waals surface area contributed by atoms with Crippen LogP contribution >= 0.6 is 0 Å². The van der Waals surface area contributed by atoms with E-state index in [1.807, 2.05) is 0 Å². The quantitative estimate of drug-likeness (QED) is 0.567. The zero-order valence-electron chi connectivity index (χ0n) is 19.7. The fourth-order valence-electron chi connectivity index (χ4n) is 5.32. The molecule has 5 nitrogen and oxygen atoms in total. The molecule has 0 amide bonds. The fourth-order valence-corrected chi connectivity index (χ4v) is 5.32. The first-order valence-corrected chi connectivity index (χ1v) is 11.8. The summed E-state index contributed by atoms with van der Waals surface area (Å²) in [5.41, 5.74) is 5.38. The molecule has 1 saturated heterocycles. The van der Waals surface area contributed by atoms with Crippen LogP contribution in [0.4, 0.5) is 13.2 Å². The number of halogens is 3. The standard InChI is InChI=1S/C26H32F3N3O2/c1-18-11-21(14-31(2)13-20-7-9-30-10-8-20)12-22-16-32(24(17-33)25(18)22)15-19-3-5-23(6-4-19)34-26(27,28)29/h3-6,11-12,17,20,24,30H,7-10,13-16H2,1-2H3. The van der Waals surface area contributed by atoms with Crippen LogP contribution in [0.2, 0.25) is 0 Å². The normalized spacial score (nSPS) is 19.4. The van der Waals surface area contributed by atoms with Gasteiger partial charge in [-0.3, -0.25) is 4.90 Å². The number of aryl methyl sites for hydroxylation is 1. The molecule has 2 aromatic carbocycles. The van der Waals surface area contributed by atoms with Gasteiger partial charge in [-0.05, 0) is 85.8 Å². The molecule has 4 rings (SSSR count). The van der Waals surface area contributed by atoms with Crippen molar-refractivity contribution < 1.29 is 22.7 Å². The van der Waals surface area contributed by atoms with Gasteiger partial charge in [0.1, 0.15) is 12.0 Å². The van der Waals surface area contributed by atoms with E-state index in [-0.39, 0.29) is 11.8 Å². The van der Waals surface area contributed by atoms with Crippen LogP contribution < -0.4 is 10.1 Å². The Labute approximate surface area is 198 Å². The lowest BCUT2D eigenvalue weighted by Gasteiger charge is -2.27. The number of rotatable bonds is 8. The van der Waals surface area contributed by atoms with E-state index >= 15 is 0 Å². The molecule has 1 fully saturated rings. The molecule has 0 radical (unpaired) electrons. The third kappa shape index (κ3) is 6.17. The fraction of sp³-hybridized carbons (Fsp3) is 0.500. The average Bonchev–Trinajstić information content (AvgIpc) is 3.12. The summed E-state index contributed by atoms with van der Waals surface area (Å²) in [5.74, 6) is 0.478. The van der Waals surface area contributed by atoms with Crippen molar-refractivity contribution in [3.8, 4) is 5.75 Å². The van der Waals surface area contributed by atoms with Crippen LogP contribution in [0, 0.1) is 12.8 Å². The van der Waals surface area contributed by atoms with E-state index in [1.165, 1.54) is 30.5 Å². The van der Waals surface area contributed by atoms with Gasteiger partial charge in [0, 0.05) is 26.2 Å². The molecule has 1 N–H and O–H groups in total. The summed E-state index contributed by atoms with van der Waals surface area (Å²) < 4.78 is 41.2. The molecule has 0 aliphatic carbocycles. The second-order valence-electron chi connectivity index (χ2n) is 9.55. The molecule has 0 aromatic heterocycles. The summed E-state index contributed by atoms with van der Waals surface area (Å²) in [7, 11) is 2.16. The molecular weight excluding hydrogens is 443 g/mol. The number of benzene rings is 2. The second kappa shape index (κ2) is 10.5. The molecule has 8 heteroatoms. The van der Waals surface area contributed by atoms with Gasteiger partial charge in [-0.15, -0.1) is 13.2 Å². The van der Waals surface area contributed by atoms with Crippen molar-refractivity contribution >= 4 is 6.29 Å². The zero-order chi connectivity index (χ0) is 24.3. The first kappa shape index (κ1) is 24.7. The molecule has 1 atom stereocenters. The first-order chi connectivity index (χ1) is 16.2. The Balaban J connectivity index is 1.43. The van der Waals surface area contributed by atoms with Gasteiger partial charge in [-0.1, -0.05) is 24.3 Å². The third-order valence-electron chi connectivity index (χ3n) is 6.75. The van der Waals surface area contributed by atoms with E-state index < -0.39 is 6.36 Å². The van der Waals surface area contributed by atoms with Crippen LogP contribution in [0.1, 0.15) is 46.7 Å². The molecule has 2 heterocycles. The van der Waals surface area contributed by atoms with Gasteiger partial charge in [0.05, 0.1) is 6.04 Å². The molecular formula is C26H32F3N3O2. The maximum Gasteiger partial charge on any atom is 0.573 e. The van der Waals surface area contributed by atoms with Gasteiger partial charge in [0.25, 0.3) is 0 Å². The van der Waals surface area contributed by atoms with E-state index in [0.717, 1.165) is 60.6 Å². The Morgan fingerprint density at radius 2 is 1.85 bits per heavy atom. The van der Waals surface area contributed by atoms with E-state index in [4.69, 9.17) is 0 Å². The van der Waals surface area contributed by atoms with E-state index in [0.29, 0.717) is 13.1 Å². The molecule has 1 unspecified atom stereocenters. The van der Waals surface area contributed by atoms with Crippen LogP contribution in [0.25, 0.3) is 0 Å². The van der Waals surface area contributed by atoms with Crippen LogP contribution in [0.15, 0.2) is 36.4 Å². The lowest BCUT2D eigenvalue weighted by Crippen LogP contribution is -2.34. The summed E-state index contributed by atoms with van der Waals surface area (Å²) in [6, 6.07) is 9.87. The number of nitrogens with one attached hydrogen (secondary N) is 1. The molecule has 0 bridgehead atoms. The minimum absolute atomic E-state index is 0.248. The minimum atomic E-state index is -4.71. The van der Waals surface area contributed by atoms with Gasteiger partial charge in [-0.2, -0.15) is 0 Å². The summed E-state index contributed by atoms with van der Waals surface area (Å²) >= 11 is 0. The number of ether oxygens (including phenoxy) is 1. The molecule has 2 aromatic rings. The molecule has 34 heavy (non-hydrogen) atoms. The topological polar surface area (TPSA) is 44.8 Å². The van der Waals surface area contributed by atoms with E-state index in [9.17, 15) is 18.0 Å². The number of carbonyl (C=O) groups excluding carboxylic acids is 1. The largest absolute Gasteiger partial charge is 0.573 e. The number of piperidine rings is 1. The Morgan fingerprint density at radius 1 is 1.15 bits per heavy atom. The van der Waals surface area contributed by atoms with Crippen molar-refractivity contribution in [3.63, 3.8) is 0 Å². The number of alkyl halides is 3. The Bertz CT molecular complexity index is 988. The third-order valence-corrected chi connectivity index (χ3v) is 6.75. The monoisotopic (exact) mass is 475 g/mol. The summed E-state index contributed by atoms with van der Waals surface area (Å²) in [5, 5.41) is 3.41. The predicted molar refractivity (Wildman–Crippen MR) is 124 cm³/mol. The van der Waals surface area contributed by atoms with Crippen molar-refractivity contribution in [2.45, 2.75) is 51.8 Å². The second-order valence-corrected chi connectivity index (χ2v) is 9.55. The summed E-state index contributed by atoms with van der Waals surface area (Å²) in [6.45, 7) is 7.29. The molecule has 2 aliphatic heterocycles. The van der Waals surface area contributed by atoms with Gasteiger partial charge in [0.2, 0.25) is 0 Å². The minimum Gasteiger partial charge on any atom is -0.406 e. The van der Waals surface area contributed by atoms with Crippen molar-refractivity contribution in [2.75, 3.05) is 26.7 Å². The SMILES string of the molecule is Cc1cc(CN(C)CC2CCNCC2)cc2c1C(C=O)N(Cc1ccc(OC(F)(F)F)cc1)C2. The Morgan fingerprint density at radius 3 is 2.50 bits per heavy atom. The van der Waals surface area contributed by atoms with Crippen molar-refractivity contribution in [3.05, 3.63) is 64.2 Å². The maximum absolute atomic E-state index is 12.4. The predicted octanol–water partition coefficient (Wildman–Crippen LogP) is 4.58. The lowest BCUT2D eigenvalue weighted by molar-refractivity contribution is -0.274. The molecule has 184 valence electrons. The number of aldehydes is 1. The van der Waals surface area contributed by atoms with Crippen LogP contribution in [-0.2, 0) is 24.4 Å². The summed E-state index contributed by atoms with van der Waals surface area (Å²) in [4.78, 5) is 16.5. The van der Waals surface area contributed by atoms with Gasteiger partial charge >= 0.3 is 6.36 Å². The number of hydrogen-bond donors (Lipinski definition) is 1. The van der Waals surface area contributed by atoms with Crippen LogP contribution in [0.5, 0.6) is 5.75 Å². The highest BCUT2D eigenvalue weighted by Crippen LogP contribution is 2.37. The van der Waals surface area contributed by atoms with Gasteiger partial charge in [0.15, 0.2) is 0 Å². The van der Waals surface area contributed by atoms with Crippen molar-refractivity contribution in [1.82, 2.24) is 15.1 Å². The number of hydrogen-bond acceptors (Lipinski definition) is 5. The Hall–Kier alpha value is -2.42. The maximum atomic E-state index is 12.4. The van der Waals surface area contributed by atoms with E-state index in [2.05, 4.69) is 46.0 Å². The van der Waals surface area contributed by atoms with Crippen LogP contribution in [-0.4, -0.2) is 49.1 Å². The highest BCUT2D eigenvalue weighted by Gasteiger charge is 2.33. The first-order valence-electron chi connectivity index (χ1n) is 11.8. The Kier molecular flexibility index (Phi) is 7.60. The zero-order valence-corrected chi connectivity index (χ0v) is 19.7. The smallest absolute Gasteiger partial charge is 0.406 e. The lowest BCUT2D eigenvalue weighted by atomic mass is 9.95. The summed E-state index contributed by atoms with van der Waals surface area (Å²) in [6.07, 6.45) is -1.32. The van der Waals surface area contributed by atoms with Crippen molar-refractivity contribution in [2.24, 2.45) is 5.92 Å². The van der Waals surface area contributed by atoms with Gasteiger partial charge in [-0.25, -0.2) is 0 Å².